The van der Waals surface area contributed by atoms with E-state index in [0.717, 1.165) is 32.4 Å². The van der Waals surface area contributed by atoms with E-state index in [1.807, 2.05) is 72.8 Å². The van der Waals surface area contributed by atoms with E-state index in [4.69, 9.17) is 0 Å². The molecule has 29 heavy (non-hydrogen) atoms. The van der Waals surface area contributed by atoms with Crippen LogP contribution in [0.2, 0.25) is 0 Å². The summed E-state index contributed by atoms with van der Waals surface area (Å²) in [6, 6.07) is 23.0. The Morgan fingerprint density at radius 3 is 2.07 bits per heavy atom. The van der Waals surface area contributed by atoms with Gasteiger partial charge in [0.05, 0.1) is 23.3 Å². The average molecular weight is 466 g/mol. The Morgan fingerprint density at radius 2 is 1.45 bits per heavy atom. The van der Waals surface area contributed by atoms with E-state index in [0.29, 0.717) is 5.69 Å². The van der Waals surface area contributed by atoms with Crippen molar-refractivity contribution in [1.82, 2.24) is 15.0 Å². The number of fused-ring (bicyclic) bond motifs is 3. The van der Waals surface area contributed by atoms with Crippen molar-refractivity contribution < 1.29 is 8.42 Å². The highest BCUT2D eigenvalue weighted by Gasteiger charge is 2.38. The summed E-state index contributed by atoms with van der Waals surface area (Å²) in [6.07, 6.45) is 1.67. The van der Waals surface area contributed by atoms with Crippen LogP contribution in [0.25, 0.3) is 16.8 Å². The van der Waals surface area contributed by atoms with Crippen molar-refractivity contribution >= 4 is 25.8 Å². The van der Waals surface area contributed by atoms with E-state index in [2.05, 4.69) is 26.2 Å². The van der Waals surface area contributed by atoms with Crippen molar-refractivity contribution in [2.45, 2.75) is 11.0 Å². The maximum absolute atomic E-state index is 13.4. The quantitative estimate of drug-likeness (QED) is 0.437. The Balaban J connectivity index is 1.50. The van der Waals surface area contributed by atoms with Gasteiger partial charge in [-0.15, -0.1) is 5.10 Å². The average Bonchev–Trinajstić information content (AvgIpc) is 3.31. The summed E-state index contributed by atoms with van der Waals surface area (Å²) < 4.78 is 29.4. The third kappa shape index (κ3) is 3.20. The molecule has 1 aromatic heterocycles. The minimum atomic E-state index is -3.54. The minimum Gasteiger partial charge on any atom is -0.227 e. The first-order chi connectivity index (χ1) is 14.0. The zero-order chi connectivity index (χ0) is 20.0. The first kappa shape index (κ1) is 18.3. The van der Waals surface area contributed by atoms with Gasteiger partial charge in [-0.25, -0.2) is 13.1 Å². The molecule has 0 amide bonds. The Kier molecular flexibility index (Phi) is 4.37. The summed E-state index contributed by atoms with van der Waals surface area (Å²) >= 11 is 3.40. The SMILES string of the molecule is O=S(=O)(Cc1cn(-c2ccc(Br)cc2)nn1)C1c2ccccc2-c2ccccc21. The van der Waals surface area contributed by atoms with E-state index < -0.39 is 15.1 Å². The summed E-state index contributed by atoms with van der Waals surface area (Å²) in [5.74, 6) is -0.170. The number of sulfone groups is 1. The lowest BCUT2D eigenvalue weighted by Gasteiger charge is -2.14. The Morgan fingerprint density at radius 1 is 0.862 bits per heavy atom. The predicted octanol–water partition coefficient (Wildman–Crippen LogP) is 4.71. The van der Waals surface area contributed by atoms with E-state index in [1.165, 1.54) is 0 Å². The molecule has 1 heterocycles. The van der Waals surface area contributed by atoms with E-state index >= 15 is 0 Å². The monoisotopic (exact) mass is 465 g/mol. The molecule has 5 nitrogen and oxygen atoms in total. The summed E-state index contributed by atoms with van der Waals surface area (Å²) in [5.41, 5.74) is 4.86. The van der Waals surface area contributed by atoms with E-state index in [9.17, 15) is 8.42 Å². The van der Waals surface area contributed by atoms with Crippen LogP contribution in [0.5, 0.6) is 0 Å². The van der Waals surface area contributed by atoms with Crippen LogP contribution in [0, 0.1) is 0 Å². The van der Waals surface area contributed by atoms with Gasteiger partial charge < -0.3 is 0 Å². The number of nitrogens with zero attached hydrogens (tertiary/aromatic N) is 3. The van der Waals surface area contributed by atoms with Gasteiger partial charge in [0.25, 0.3) is 0 Å². The molecule has 7 heteroatoms. The van der Waals surface area contributed by atoms with Gasteiger partial charge in [-0.1, -0.05) is 69.7 Å². The highest BCUT2D eigenvalue weighted by atomic mass is 79.9. The van der Waals surface area contributed by atoms with Crippen molar-refractivity contribution in [2.24, 2.45) is 0 Å². The van der Waals surface area contributed by atoms with Gasteiger partial charge in [-0.3, -0.25) is 0 Å². The zero-order valence-corrected chi connectivity index (χ0v) is 17.6. The van der Waals surface area contributed by atoms with Gasteiger partial charge in [0.1, 0.15) is 5.25 Å². The fourth-order valence-corrected chi connectivity index (χ4v) is 6.03. The molecule has 1 aliphatic rings. The molecular weight excluding hydrogens is 450 g/mol. The van der Waals surface area contributed by atoms with Gasteiger partial charge >= 0.3 is 0 Å². The fraction of sp³-hybridized carbons (Fsp3) is 0.0909. The van der Waals surface area contributed by atoms with Crippen LogP contribution in [-0.2, 0) is 15.6 Å². The van der Waals surface area contributed by atoms with Crippen molar-refractivity contribution in [3.8, 4) is 16.8 Å². The Hall–Kier alpha value is -2.77. The largest absolute Gasteiger partial charge is 0.227 e. The molecule has 0 unspecified atom stereocenters. The highest BCUT2D eigenvalue weighted by Crippen LogP contribution is 2.47. The Bertz CT molecular complexity index is 1270. The van der Waals surface area contributed by atoms with Crippen molar-refractivity contribution in [2.75, 3.05) is 0 Å². The van der Waals surface area contributed by atoms with E-state index in [-0.39, 0.29) is 5.75 Å². The number of hydrogen-bond acceptors (Lipinski definition) is 4. The van der Waals surface area contributed by atoms with Gasteiger partial charge in [-0.05, 0) is 46.5 Å². The first-order valence-corrected chi connectivity index (χ1v) is 11.6. The van der Waals surface area contributed by atoms with Crippen LogP contribution in [0.1, 0.15) is 22.1 Å². The lowest BCUT2D eigenvalue weighted by atomic mass is 10.1. The zero-order valence-electron chi connectivity index (χ0n) is 15.2. The molecule has 3 aromatic carbocycles. The molecule has 0 radical (unpaired) electrons. The topological polar surface area (TPSA) is 64.8 Å². The standard InChI is InChI=1S/C22H16BrN3O2S/c23-15-9-11-17(12-10-15)26-13-16(24-25-26)14-29(27,28)22-20-7-3-1-5-18(20)19-6-2-4-8-21(19)22/h1-13,22H,14H2. The van der Waals surface area contributed by atoms with Gasteiger partial charge in [0.15, 0.2) is 9.84 Å². The molecule has 0 atom stereocenters. The molecule has 0 bridgehead atoms. The van der Waals surface area contributed by atoms with Crippen LogP contribution in [0.4, 0.5) is 0 Å². The van der Waals surface area contributed by atoms with Crippen LogP contribution < -0.4 is 0 Å². The fourth-order valence-electron chi connectivity index (χ4n) is 3.87. The van der Waals surface area contributed by atoms with Crippen LogP contribution in [0.15, 0.2) is 83.5 Å². The number of halogens is 1. The molecule has 0 spiro atoms. The van der Waals surface area contributed by atoms with Crippen molar-refractivity contribution in [3.05, 3.63) is 100 Å². The maximum atomic E-state index is 13.4. The number of benzene rings is 3. The molecule has 0 aliphatic heterocycles. The van der Waals surface area contributed by atoms with Crippen LogP contribution >= 0.6 is 15.9 Å². The molecule has 0 saturated carbocycles. The number of hydrogen-bond donors (Lipinski definition) is 0. The summed E-state index contributed by atoms with van der Waals surface area (Å²) in [7, 11) is -3.54. The highest BCUT2D eigenvalue weighted by molar-refractivity contribution is 9.10. The van der Waals surface area contributed by atoms with E-state index in [1.54, 1.807) is 10.9 Å². The molecular formula is C22H16BrN3O2S. The summed E-state index contributed by atoms with van der Waals surface area (Å²) in [4.78, 5) is 0. The van der Waals surface area contributed by atoms with Gasteiger partial charge in [0.2, 0.25) is 0 Å². The van der Waals surface area contributed by atoms with Crippen LogP contribution in [-0.4, -0.2) is 23.4 Å². The molecule has 144 valence electrons. The molecule has 1 aliphatic carbocycles. The van der Waals surface area contributed by atoms with Crippen molar-refractivity contribution in [1.29, 1.82) is 0 Å². The number of rotatable bonds is 4. The third-order valence-electron chi connectivity index (χ3n) is 5.12. The molecule has 0 saturated heterocycles. The third-order valence-corrected chi connectivity index (χ3v) is 7.57. The second kappa shape index (κ2) is 6.93. The first-order valence-electron chi connectivity index (χ1n) is 9.10. The maximum Gasteiger partial charge on any atom is 0.167 e. The summed E-state index contributed by atoms with van der Waals surface area (Å²) in [6.45, 7) is 0. The predicted molar refractivity (Wildman–Crippen MR) is 115 cm³/mol. The lowest BCUT2D eigenvalue weighted by Crippen LogP contribution is -2.15. The lowest BCUT2D eigenvalue weighted by molar-refractivity contribution is 0.588. The van der Waals surface area contributed by atoms with Gasteiger partial charge in [-0.2, -0.15) is 0 Å². The summed E-state index contributed by atoms with van der Waals surface area (Å²) in [5, 5.41) is 7.52. The van der Waals surface area contributed by atoms with Gasteiger partial charge in [0, 0.05) is 4.47 Å². The molecule has 5 rings (SSSR count). The second-order valence-corrected chi connectivity index (χ2v) is 9.99. The van der Waals surface area contributed by atoms with Crippen LogP contribution in [0.3, 0.4) is 0 Å². The normalized spacial score (nSPS) is 13.3. The molecule has 0 fully saturated rings. The smallest absolute Gasteiger partial charge is 0.167 e. The molecule has 0 N–H and O–H groups in total. The number of aromatic nitrogens is 3. The minimum absolute atomic E-state index is 0.170. The second-order valence-electron chi connectivity index (χ2n) is 6.99. The van der Waals surface area contributed by atoms with Crippen molar-refractivity contribution in [3.63, 3.8) is 0 Å². The molecule has 4 aromatic rings. The Labute approximate surface area is 177 Å².